The van der Waals surface area contributed by atoms with Gasteiger partial charge in [-0.05, 0) is 57.3 Å². The van der Waals surface area contributed by atoms with Crippen LogP contribution in [-0.4, -0.2) is 0 Å². The van der Waals surface area contributed by atoms with Gasteiger partial charge in [-0.1, -0.05) is 95.4 Å². The molecule has 0 bridgehead atoms. The third-order valence-corrected chi connectivity index (χ3v) is 5.23. The summed E-state index contributed by atoms with van der Waals surface area (Å²) in [5.41, 5.74) is 0. The molecule has 0 aromatic rings. The molecule has 1 aliphatic rings. The van der Waals surface area contributed by atoms with Crippen LogP contribution in [0.2, 0.25) is 0 Å². The van der Waals surface area contributed by atoms with E-state index in [1.165, 1.54) is 116 Å². The highest BCUT2D eigenvalue weighted by atomic mass is 14.1. The molecule has 0 nitrogen and oxygen atoms in total. The first-order valence-corrected chi connectivity index (χ1v) is 11.1. The van der Waals surface area contributed by atoms with Crippen LogP contribution in [0.25, 0.3) is 0 Å². The van der Waals surface area contributed by atoms with Gasteiger partial charge in [-0.2, -0.15) is 0 Å². The summed E-state index contributed by atoms with van der Waals surface area (Å²) in [4.78, 5) is 0. The molecule has 0 aromatic carbocycles. The van der Waals surface area contributed by atoms with E-state index in [4.69, 9.17) is 0 Å². The molecule has 1 rings (SSSR count). The second kappa shape index (κ2) is 17.3. The minimum Gasteiger partial charge on any atom is -0.0885 e. The summed E-state index contributed by atoms with van der Waals surface area (Å²) in [7, 11) is 0. The Balaban J connectivity index is 1.73. The summed E-state index contributed by atoms with van der Waals surface area (Å²) in [5.74, 6) is 1.71. The van der Waals surface area contributed by atoms with Gasteiger partial charge in [-0.3, -0.25) is 0 Å². The van der Waals surface area contributed by atoms with Crippen molar-refractivity contribution >= 4 is 0 Å². The van der Waals surface area contributed by atoms with E-state index in [1.54, 1.807) is 5.92 Å². The zero-order valence-corrected chi connectivity index (χ0v) is 16.5. The minimum absolute atomic E-state index is 1.30. The van der Waals surface area contributed by atoms with Gasteiger partial charge in [0.15, 0.2) is 0 Å². The highest BCUT2D eigenvalue weighted by Gasteiger charge is 2.07. The molecule has 1 aliphatic carbocycles. The lowest BCUT2D eigenvalue weighted by atomic mass is 9.91. The van der Waals surface area contributed by atoms with E-state index in [0.717, 1.165) is 0 Å². The Kier molecular flexibility index (Phi) is 15.5. The van der Waals surface area contributed by atoms with E-state index >= 15 is 0 Å². The average molecular weight is 332 g/mol. The molecule has 0 unspecified atom stereocenters. The second-order valence-electron chi connectivity index (χ2n) is 7.64. The summed E-state index contributed by atoms with van der Waals surface area (Å²) in [6.07, 6.45) is 34.7. The summed E-state index contributed by atoms with van der Waals surface area (Å²) in [6, 6.07) is 0. The quantitative estimate of drug-likeness (QED) is 0.196. The predicted molar refractivity (Wildman–Crippen MR) is 110 cm³/mol. The van der Waals surface area contributed by atoms with Crippen LogP contribution in [-0.2, 0) is 0 Å². The van der Waals surface area contributed by atoms with Crippen molar-refractivity contribution in [1.82, 2.24) is 0 Å². The van der Waals surface area contributed by atoms with Crippen molar-refractivity contribution in [2.45, 2.75) is 122 Å². The van der Waals surface area contributed by atoms with Gasteiger partial charge in [0.2, 0.25) is 0 Å². The standard InChI is InChI=1S/C24H43/c1-2-3-4-5-6-7-8-9-10-11-12-13-14-15-16-18-21-24-22-19-17-20-23-24/h9-10,19,22H,2-8,11-18,20-21,23H2,1H3. The van der Waals surface area contributed by atoms with E-state index in [0.29, 0.717) is 0 Å². The lowest BCUT2D eigenvalue weighted by molar-refractivity contribution is 0.575. The molecule has 0 saturated heterocycles. The van der Waals surface area contributed by atoms with Crippen LogP contribution in [0.5, 0.6) is 0 Å². The first-order chi connectivity index (χ1) is 11.9. The molecule has 0 saturated carbocycles. The van der Waals surface area contributed by atoms with Crippen molar-refractivity contribution in [3.05, 3.63) is 30.2 Å². The fraction of sp³-hybridized carbons (Fsp3) is 0.792. The fourth-order valence-electron chi connectivity index (χ4n) is 3.59. The molecule has 0 spiro atoms. The predicted octanol–water partition coefficient (Wildman–Crippen LogP) is 8.73. The Morgan fingerprint density at radius 1 is 0.750 bits per heavy atom. The number of hydrogen-bond donors (Lipinski definition) is 0. The lowest BCUT2D eigenvalue weighted by Crippen LogP contribution is -1.97. The molecule has 0 N–H and O–H groups in total. The summed E-state index contributed by atoms with van der Waals surface area (Å²) in [5, 5.41) is 0. The van der Waals surface area contributed by atoms with Gasteiger partial charge in [-0.15, -0.1) is 0 Å². The number of unbranched alkanes of at least 4 members (excludes halogenated alkanes) is 12. The zero-order valence-electron chi connectivity index (χ0n) is 16.5. The number of rotatable bonds is 16. The highest BCUT2D eigenvalue weighted by molar-refractivity contribution is 5.12. The highest BCUT2D eigenvalue weighted by Crippen LogP contribution is 2.24. The van der Waals surface area contributed by atoms with Crippen molar-refractivity contribution in [3.63, 3.8) is 0 Å². The average Bonchev–Trinajstić information content (AvgIpc) is 2.62. The van der Waals surface area contributed by atoms with E-state index in [-0.39, 0.29) is 0 Å². The van der Waals surface area contributed by atoms with Gasteiger partial charge in [0, 0.05) is 0 Å². The number of allylic oxidation sites excluding steroid dienone is 4. The molecule has 0 fully saturated rings. The van der Waals surface area contributed by atoms with Crippen LogP contribution in [0.3, 0.4) is 0 Å². The molecule has 139 valence electrons. The van der Waals surface area contributed by atoms with E-state index < -0.39 is 0 Å². The molecular weight excluding hydrogens is 288 g/mol. The van der Waals surface area contributed by atoms with E-state index in [1.807, 2.05) is 0 Å². The van der Waals surface area contributed by atoms with Crippen molar-refractivity contribution < 1.29 is 0 Å². The largest absolute Gasteiger partial charge is 0.0885 e. The molecule has 1 radical (unpaired) electrons. The molecular formula is C24H43. The van der Waals surface area contributed by atoms with Crippen LogP contribution in [0.4, 0.5) is 0 Å². The fourth-order valence-corrected chi connectivity index (χ4v) is 3.59. The van der Waals surface area contributed by atoms with Crippen molar-refractivity contribution in [3.8, 4) is 0 Å². The maximum absolute atomic E-state index is 2.43. The smallest absolute Gasteiger partial charge is 0.00272 e. The van der Waals surface area contributed by atoms with Crippen LogP contribution in [0.15, 0.2) is 24.3 Å². The third kappa shape index (κ3) is 13.9. The molecule has 0 heterocycles. The van der Waals surface area contributed by atoms with Crippen molar-refractivity contribution in [2.24, 2.45) is 0 Å². The molecule has 0 aliphatic heterocycles. The SMILES string of the molecule is CCCCCCCCC=CCCCCCCCC[C]1C=CCCC1. The van der Waals surface area contributed by atoms with Gasteiger partial charge in [0.25, 0.3) is 0 Å². The Morgan fingerprint density at radius 2 is 1.33 bits per heavy atom. The minimum atomic E-state index is 1.30. The van der Waals surface area contributed by atoms with Gasteiger partial charge < -0.3 is 0 Å². The topological polar surface area (TPSA) is 0 Å². The molecule has 24 heavy (non-hydrogen) atoms. The Morgan fingerprint density at radius 3 is 1.92 bits per heavy atom. The van der Waals surface area contributed by atoms with Gasteiger partial charge >= 0.3 is 0 Å². The number of hydrogen-bond acceptors (Lipinski definition) is 0. The van der Waals surface area contributed by atoms with E-state index in [2.05, 4.69) is 31.2 Å². The van der Waals surface area contributed by atoms with Crippen molar-refractivity contribution in [2.75, 3.05) is 0 Å². The summed E-state index contributed by atoms with van der Waals surface area (Å²) in [6.45, 7) is 2.29. The first-order valence-electron chi connectivity index (χ1n) is 11.1. The Labute approximate surface area is 153 Å². The van der Waals surface area contributed by atoms with Crippen molar-refractivity contribution in [1.29, 1.82) is 0 Å². The molecule has 0 heteroatoms. The van der Waals surface area contributed by atoms with Gasteiger partial charge in [0.05, 0.1) is 0 Å². The maximum Gasteiger partial charge on any atom is -0.00272 e. The Bertz CT molecular complexity index is 299. The third-order valence-electron chi connectivity index (χ3n) is 5.23. The van der Waals surface area contributed by atoms with Gasteiger partial charge in [-0.25, -0.2) is 0 Å². The van der Waals surface area contributed by atoms with Crippen LogP contribution < -0.4 is 0 Å². The van der Waals surface area contributed by atoms with E-state index in [9.17, 15) is 0 Å². The summed E-state index contributed by atoms with van der Waals surface area (Å²) < 4.78 is 0. The normalized spacial score (nSPS) is 15.5. The molecule has 0 atom stereocenters. The Hall–Kier alpha value is -0.520. The summed E-state index contributed by atoms with van der Waals surface area (Å²) >= 11 is 0. The van der Waals surface area contributed by atoms with Crippen LogP contribution in [0.1, 0.15) is 122 Å². The van der Waals surface area contributed by atoms with Gasteiger partial charge in [0.1, 0.15) is 0 Å². The zero-order chi connectivity index (χ0) is 17.1. The molecule has 0 aromatic heterocycles. The monoisotopic (exact) mass is 331 g/mol. The molecule has 0 amide bonds. The lowest BCUT2D eigenvalue weighted by Gasteiger charge is -2.14. The van der Waals surface area contributed by atoms with Crippen LogP contribution >= 0.6 is 0 Å². The maximum atomic E-state index is 2.43. The van der Waals surface area contributed by atoms with Crippen LogP contribution in [0, 0.1) is 5.92 Å². The first kappa shape index (κ1) is 21.5. The second-order valence-corrected chi connectivity index (χ2v) is 7.64.